The molecule has 0 aliphatic carbocycles. The zero-order chi connectivity index (χ0) is 9.73. The average Bonchev–Trinajstić information content (AvgIpc) is 2.04. The summed E-state index contributed by atoms with van der Waals surface area (Å²) in [6, 6.07) is 0. The van der Waals surface area contributed by atoms with Crippen molar-refractivity contribution in [3.05, 3.63) is 12.2 Å². The molecular formula is C12H22O. The van der Waals surface area contributed by atoms with Crippen molar-refractivity contribution in [2.75, 3.05) is 6.61 Å². The largest absolute Gasteiger partial charge is 0.374 e. The van der Waals surface area contributed by atoms with Crippen LogP contribution in [0.1, 0.15) is 52.4 Å². The van der Waals surface area contributed by atoms with Crippen molar-refractivity contribution in [1.29, 1.82) is 0 Å². The second kappa shape index (κ2) is 4.80. The first-order valence-electron chi connectivity index (χ1n) is 5.53. The molecule has 0 aromatic rings. The molecule has 1 saturated heterocycles. The SMILES string of the molecule is C=C1CCOC(CCC)(CCC)C1. The van der Waals surface area contributed by atoms with Crippen LogP contribution >= 0.6 is 0 Å². The summed E-state index contributed by atoms with van der Waals surface area (Å²) in [6.07, 6.45) is 6.98. The third-order valence-corrected chi connectivity index (χ3v) is 2.85. The van der Waals surface area contributed by atoms with Gasteiger partial charge in [0.1, 0.15) is 0 Å². The Kier molecular flexibility index (Phi) is 3.98. The van der Waals surface area contributed by atoms with Gasteiger partial charge in [-0.1, -0.05) is 38.8 Å². The van der Waals surface area contributed by atoms with E-state index < -0.39 is 0 Å². The minimum atomic E-state index is 0.152. The second-order valence-electron chi connectivity index (χ2n) is 4.21. The summed E-state index contributed by atoms with van der Waals surface area (Å²) in [5, 5.41) is 0. The van der Waals surface area contributed by atoms with Crippen LogP contribution in [-0.2, 0) is 4.74 Å². The zero-order valence-corrected chi connectivity index (χ0v) is 9.07. The molecule has 0 spiro atoms. The van der Waals surface area contributed by atoms with Crippen LogP contribution in [-0.4, -0.2) is 12.2 Å². The number of rotatable bonds is 4. The maximum Gasteiger partial charge on any atom is 0.0719 e. The van der Waals surface area contributed by atoms with Gasteiger partial charge in [0.2, 0.25) is 0 Å². The van der Waals surface area contributed by atoms with E-state index in [2.05, 4.69) is 20.4 Å². The van der Waals surface area contributed by atoms with Crippen molar-refractivity contribution in [1.82, 2.24) is 0 Å². The highest BCUT2D eigenvalue weighted by Crippen LogP contribution is 2.35. The predicted octanol–water partition coefficient (Wildman–Crippen LogP) is 3.69. The molecule has 1 heterocycles. The summed E-state index contributed by atoms with van der Waals surface area (Å²) >= 11 is 0. The molecule has 1 heteroatoms. The van der Waals surface area contributed by atoms with Crippen LogP contribution in [0.4, 0.5) is 0 Å². The predicted molar refractivity (Wildman–Crippen MR) is 56.9 cm³/mol. The van der Waals surface area contributed by atoms with E-state index >= 15 is 0 Å². The third-order valence-electron chi connectivity index (χ3n) is 2.85. The van der Waals surface area contributed by atoms with Gasteiger partial charge >= 0.3 is 0 Å². The zero-order valence-electron chi connectivity index (χ0n) is 9.07. The molecule has 1 rings (SSSR count). The Morgan fingerprint density at radius 3 is 2.38 bits per heavy atom. The molecule has 0 aromatic heterocycles. The lowest BCUT2D eigenvalue weighted by molar-refractivity contribution is -0.0731. The molecule has 1 nitrogen and oxygen atoms in total. The molecule has 0 atom stereocenters. The van der Waals surface area contributed by atoms with E-state index in [0.29, 0.717) is 0 Å². The second-order valence-corrected chi connectivity index (χ2v) is 4.21. The smallest absolute Gasteiger partial charge is 0.0719 e. The lowest BCUT2D eigenvalue weighted by atomic mass is 9.83. The van der Waals surface area contributed by atoms with Gasteiger partial charge in [-0.25, -0.2) is 0 Å². The molecule has 0 unspecified atom stereocenters. The van der Waals surface area contributed by atoms with Crippen molar-refractivity contribution in [2.45, 2.75) is 58.0 Å². The van der Waals surface area contributed by atoms with Gasteiger partial charge in [-0.3, -0.25) is 0 Å². The monoisotopic (exact) mass is 182 g/mol. The van der Waals surface area contributed by atoms with Crippen LogP contribution in [0.3, 0.4) is 0 Å². The van der Waals surface area contributed by atoms with Crippen LogP contribution < -0.4 is 0 Å². The topological polar surface area (TPSA) is 9.23 Å². The van der Waals surface area contributed by atoms with Crippen LogP contribution in [0, 0.1) is 0 Å². The first kappa shape index (κ1) is 10.8. The molecule has 0 aromatic carbocycles. The van der Waals surface area contributed by atoms with Gasteiger partial charge in [0, 0.05) is 0 Å². The molecule has 0 radical (unpaired) electrons. The molecule has 1 aliphatic heterocycles. The normalized spacial score (nSPS) is 21.8. The first-order chi connectivity index (χ1) is 6.22. The summed E-state index contributed by atoms with van der Waals surface area (Å²) in [5.74, 6) is 0. The van der Waals surface area contributed by atoms with E-state index in [1.165, 1.54) is 31.3 Å². The maximum atomic E-state index is 5.96. The summed E-state index contributed by atoms with van der Waals surface area (Å²) in [5.41, 5.74) is 1.53. The molecule has 0 N–H and O–H groups in total. The van der Waals surface area contributed by atoms with Gasteiger partial charge in [0.05, 0.1) is 12.2 Å². The van der Waals surface area contributed by atoms with E-state index in [-0.39, 0.29) is 5.60 Å². The molecule has 1 aliphatic rings. The van der Waals surface area contributed by atoms with Crippen LogP contribution in [0.25, 0.3) is 0 Å². The highest BCUT2D eigenvalue weighted by Gasteiger charge is 2.32. The summed E-state index contributed by atoms with van der Waals surface area (Å²) in [7, 11) is 0. The fourth-order valence-electron chi connectivity index (χ4n) is 2.36. The van der Waals surface area contributed by atoms with Crippen molar-refractivity contribution in [3.8, 4) is 0 Å². The van der Waals surface area contributed by atoms with Crippen molar-refractivity contribution < 1.29 is 4.74 Å². The molecule has 1 fully saturated rings. The molecule has 0 bridgehead atoms. The molecule has 76 valence electrons. The Morgan fingerprint density at radius 1 is 1.31 bits per heavy atom. The Morgan fingerprint density at radius 2 is 1.92 bits per heavy atom. The quantitative estimate of drug-likeness (QED) is 0.602. The van der Waals surface area contributed by atoms with Gasteiger partial charge in [0.25, 0.3) is 0 Å². The van der Waals surface area contributed by atoms with E-state index in [1.807, 2.05) is 0 Å². The van der Waals surface area contributed by atoms with Crippen LogP contribution in [0.15, 0.2) is 12.2 Å². The van der Waals surface area contributed by atoms with Gasteiger partial charge in [-0.05, 0) is 25.7 Å². The minimum absolute atomic E-state index is 0.152. The highest BCUT2D eigenvalue weighted by molar-refractivity contribution is 5.05. The molecule has 0 saturated carbocycles. The Balaban J connectivity index is 2.58. The molecular weight excluding hydrogens is 160 g/mol. The Bertz CT molecular complexity index is 160. The lowest BCUT2D eigenvalue weighted by Gasteiger charge is -2.38. The van der Waals surface area contributed by atoms with Crippen LogP contribution in [0.2, 0.25) is 0 Å². The average molecular weight is 182 g/mol. The lowest BCUT2D eigenvalue weighted by Crippen LogP contribution is -2.36. The maximum absolute atomic E-state index is 5.96. The van der Waals surface area contributed by atoms with E-state index in [1.54, 1.807) is 0 Å². The summed E-state index contributed by atoms with van der Waals surface area (Å²) in [6.45, 7) is 9.45. The fraction of sp³-hybridized carbons (Fsp3) is 0.833. The van der Waals surface area contributed by atoms with Crippen LogP contribution in [0.5, 0.6) is 0 Å². The van der Waals surface area contributed by atoms with Crippen molar-refractivity contribution >= 4 is 0 Å². The fourth-order valence-corrected chi connectivity index (χ4v) is 2.36. The summed E-state index contributed by atoms with van der Waals surface area (Å²) < 4.78 is 5.96. The summed E-state index contributed by atoms with van der Waals surface area (Å²) in [4.78, 5) is 0. The third kappa shape index (κ3) is 2.84. The number of hydrogen-bond acceptors (Lipinski definition) is 1. The van der Waals surface area contributed by atoms with E-state index in [4.69, 9.17) is 4.74 Å². The number of ether oxygens (including phenoxy) is 1. The highest BCUT2D eigenvalue weighted by atomic mass is 16.5. The van der Waals surface area contributed by atoms with E-state index in [0.717, 1.165) is 19.4 Å². The number of hydrogen-bond donors (Lipinski definition) is 0. The Hall–Kier alpha value is -0.300. The van der Waals surface area contributed by atoms with Crippen molar-refractivity contribution in [3.63, 3.8) is 0 Å². The van der Waals surface area contributed by atoms with Crippen molar-refractivity contribution in [2.24, 2.45) is 0 Å². The van der Waals surface area contributed by atoms with E-state index in [9.17, 15) is 0 Å². The van der Waals surface area contributed by atoms with Gasteiger partial charge in [-0.2, -0.15) is 0 Å². The standard InChI is InChI=1S/C12H22O/c1-4-7-12(8-5-2)10-11(3)6-9-13-12/h3-10H2,1-2H3. The molecule has 13 heavy (non-hydrogen) atoms. The molecule has 0 amide bonds. The van der Waals surface area contributed by atoms with Gasteiger partial charge in [-0.15, -0.1) is 0 Å². The Labute approximate surface area is 82.2 Å². The first-order valence-corrected chi connectivity index (χ1v) is 5.53. The van der Waals surface area contributed by atoms with Gasteiger partial charge in [0.15, 0.2) is 0 Å². The van der Waals surface area contributed by atoms with Gasteiger partial charge < -0.3 is 4.74 Å². The minimum Gasteiger partial charge on any atom is -0.374 e.